The Kier molecular flexibility index (Phi) is 11.2. The van der Waals surface area contributed by atoms with Crippen molar-refractivity contribution < 1.29 is 42.4 Å². The number of phenolic OH excluding ortho intramolecular Hbond substituents is 1. The highest BCUT2D eigenvalue weighted by molar-refractivity contribution is 6.09. The third kappa shape index (κ3) is 8.26. The summed E-state index contributed by atoms with van der Waals surface area (Å²) in [5.74, 6) is 0.573. The molecular weight excluding hydrogens is 777 g/mol. The molecule has 5 heterocycles. The van der Waals surface area contributed by atoms with Gasteiger partial charge >= 0.3 is 18.2 Å². The maximum absolute atomic E-state index is 17.4. The number of phenols is 1. The summed E-state index contributed by atoms with van der Waals surface area (Å²) in [6, 6.07) is 7.82. The molecule has 2 aliphatic rings. The number of aromatic hydroxyl groups is 1. The van der Waals surface area contributed by atoms with E-state index in [1.807, 2.05) is 14.0 Å². The lowest BCUT2D eigenvalue weighted by Crippen LogP contribution is -2.45. The number of fused-ring (bicyclic) bond motifs is 1. The average molecular weight is 824 g/mol. The van der Waals surface area contributed by atoms with Gasteiger partial charge in [0, 0.05) is 28.8 Å². The number of aromatic nitrogens is 4. The second kappa shape index (κ2) is 16.0. The van der Waals surface area contributed by atoms with Crippen molar-refractivity contribution >= 4 is 45.5 Å². The number of terminal acetylenes is 1. The van der Waals surface area contributed by atoms with E-state index in [-0.39, 0.29) is 88.2 Å². The number of amides is 2. The number of halogens is 2. The van der Waals surface area contributed by atoms with Crippen LogP contribution in [0.1, 0.15) is 78.5 Å². The van der Waals surface area contributed by atoms with E-state index in [2.05, 4.69) is 25.8 Å². The molecule has 0 spiro atoms. The van der Waals surface area contributed by atoms with Crippen LogP contribution in [0, 0.1) is 24.0 Å². The molecule has 2 atom stereocenters. The highest BCUT2D eigenvalue weighted by atomic mass is 19.1. The van der Waals surface area contributed by atoms with E-state index < -0.39 is 41.1 Å². The van der Waals surface area contributed by atoms with Crippen LogP contribution in [0.5, 0.6) is 17.6 Å². The van der Waals surface area contributed by atoms with Crippen molar-refractivity contribution in [2.45, 2.75) is 84.6 Å². The summed E-state index contributed by atoms with van der Waals surface area (Å²) < 4.78 is 56.4. The van der Waals surface area contributed by atoms with Crippen LogP contribution in [0.3, 0.4) is 0 Å². The number of rotatable bonds is 7. The van der Waals surface area contributed by atoms with Gasteiger partial charge in [-0.25, -0.2) is 28.3 Å². The molecule has 1 fully saturated rings. The molecule has 3 aromatic heterocycles. The number of carbonyl (C=O) groups is 2. The first-order valence-corrected chi connectivity index (χ1v) is 19.6. The van der Waals surface area contributed by atoms with Crippen LogP contribution in [0.2, 0.25) is 0 Å². The first kappa shape index (κ1) is 41.8. The minimum absolute atomic E-state index is 0.000601. The predicted molar refractivity (Wildman–Crippen MR) is 221 cm³/mol. The van der Waals surface area contributed by atoms with Crippen molar-refractivity contribution in [2.75, 3.05) is 43.2 Å². The highest BCUT2D eigenvalue weighted by Crippen LogP contribution is 2.45. The smallest absolute Gasteiger partial charge is 0.425 e. The van der Waals surface area contributed by atoms with Gasteiger partial charge in [-0.15, -0.1) is 6.42 Å². The van der Waals surface area contributed by atoms with Crippen LogP contribution in [-0.2, 0) is 9.47 Å². The molecule has 60 heavy (non-hydrogen) atoms. The van der Waals surface area contributed by atoms with Gasteiger partial charge in [0.1, 0.15) is 58.4 Å². The predicted octanol–water partition coefficient (Wildman–Crippen LogP) is 8.31. The summed E-state index contributed by atoms with van der Waals surface area (Å²) in [5, 5.41) is 11.4. The van der Waals surface area contributed by atoms with Crippen LogP contribution in [0.25, 0.3) is 32.9 Å². The van der Waals surface area contributed by atoms with Crippen molar-refractivity contribution in [2.24, 2.45) is 0 Å². The summed E-state index contributed by atoms with van der Waals surface area (Å²) in [5.41, 5.74) is -2.20. The Morgan fingerprint density at radius 2 is 1.75 bits per heavy atom. The number of likely N-dealkylation sites (N-methyl/N-ethyl adjacent to an activating group) is 1. The first-order chi connectivity index (χ1) is 28.3. The molecule has 0 radical (unpaired) electrons. The molecule has 1 unspecified atom stereocenters. The molecular formula is C44H47F2N7O7. The number of anilines is 2. The maximum atomic E-state index is 17.4. The van der Waals surface area contributed by atoms with E-state index in [1.165, 1.54) is 30.5 Å². The van der Waals surface area contributed by atoms with E-state index in [0.717, 1.165) is 24.3 Å². The molecule has 14 nitrogen and oxygen atoms in total. The van der Waals surface area contributed by atoms with Gasteiger partial charge in [-0.05, 0) is 105 Å². The van der Waals surface area contributed by atoms with Crippen molar-refractivity contribution in [1.82, 2.24) is 24.8 Å². The van der Waals surface area contributed by atoms with Crippen molar-refractivity contribution in [3.8, 4) is 41.2 Å². The minimum Gasteiger partial charge on any atom is -0.508 e. The van der Waals surface area contributed by atoms with Gasteiger partial charge in [-0.1, -0.05) is 18.1 Å². The molecule has 2 aromatic carbocycles. The van der Waals surface area contributed by atoms with E-state index >= 15 is 8.78 Å². The van der Waals surface area contributed by atoms with Crippen LogP contribution in [-0.4, -0.2) is 92.7 Å². The van der Waals surface area contributed by atoms with Gasteiger partial charge < -0.3 is 33.9 Å². The van der Waals surface area contributed by atoms with E-state index in [1.54, 1.807) is 58.6 Å². The van der Waals surface area contributed by atoms with E-state index in [0.29, 0.717) is 10.9 Å². The standard InChI is InChI=1S/C44H47F2N7O7/c1-10-28-31(45)16-15-25-21-27(54)22-30(32(25)28)35-34(46)36-33-38(50-40(49-36)58-23-26-13-12-18-51(26)9)52(19-20-57-39(33)48-35)24(2)29-14-11-17-47-37(29)53(41(55)59-43(3,4)5)42(56)60-44(6,7)8/h1,11,14-17,21-22,24,26,54H,12-13,18-20,23H2,2-9H3/t24?,26-/m0/s1. The van der Waals surface area contributed by atoms with Gasteiger partial charge in [0.05, 0.1) is 18.2 Å². The molecule has 2 amide bonds. The fourth-order valence-corrected chi connectivity index (χ4v) is 7.45. The fourth-order valence-electron chi connectivity index (χ4n) is 7.45. The Bertz CT molecular complexity index is 2520. The van der Waals surface area contributed by atoms with Gasteiger partial charge in [0.25, 0.3) is 0 Å². The minimum atomic E-state index is -1.00. The monoisotopic (exact) mass is 823 g/mol. The van der Waals surface area contributed by atoms with Crippen molar-refractivity contribution in [3.05, 3.63) is 65.4 Å². The Labute approximate surface area is 346 Å². The number of hydrogen-bond donors (Lipinski definition) is 1. The Balaban J connectivity index is 1.42. The van der Waals surface area contributed by atoms with Gasteiger partial charge in [-0.2, -0.15) is 14.9 Å². The number of hydrogen-bond acceptors (Lipinski definition) is 13. The zero-order valence-electron chi connectivity index (χ0n) is 34.8. The zero-order valence-corrected chi connectivity index (χ0v) is 34.8. The summed E-state index contributed by atoms with van der Waals surface area (Å²) >= 11 is 0. The lowest BCUT2D eigenvalue weighted by Gasteiger charge is -2.33. The van der Waals surface area contributed by atoms with Crippen LogP contribution in [0.15, 0.2) is 42.6 Å². The third-order valence-electron chi connectivity index (χ3n) is 10.2. The number of benzene rings is 2. The van der Waals surface area contributed by atoms with Crippen molar-refractivity contribution in [3.63, 3.8) is 0 Å². The maximum Gasteiger partial charge on any atom is 0.425 e. The lowest BCUT2D eigenvalue weighted by molar-refractivity contribution is 0.0428. The number of imide groups is 1. The molecule has 1 N–H and O–H groups in total. The molecule has 0 bridgehead atoms. The fraction of sp³-hybridized carbons (Fsp3) is 0.409. The molecule has 16 heteroatoms. The third-order valence-corrected chi connectivity index (χ3v) is 10.2. The molecule has 5 aromatic rings. The average Bonchev–Trinajstić information content (AvgIpc) is 3.49. The topological polar surface area (TPSA) is 153 Å². The van der Waals surface area contributed by atoms with Gasteiger partial charge in [0.2, 0.25) is 5.88 Å². The Hall–Kier alpha value is -6.34. The second-order valence-electron chi connectivity index (χ2n) is 16.8. The SMILES string of the molecule is C#Cc1c(F)ccc2cc(O)cc(-c3nc4c5c(nc(OC[C@@H]6CCCN6C)nc5c3F)N(C(C)c3cccnc3N(C(=O)OC(C)(C)C)C(=O)OC(C)(C)C)CCO4)c12. The van der Waals surface area contributed by atoms with E-state index in [9.17, 15) is 14.7 Å². The van der Waals surface area contributed by atoms with Crippen molar-refractivity contribution in [1.29, 1.82) is 0 Å². The molecule has 0 aliphatic carbocycles. The normalized spacial score (nSPS) is 16.2. The molecule has 314 valence electrons. The largest absolute Gasteiger partial charge is 0.508 e. The zero-order chi connectivity index (χ0) is 43.3. The first-order valence-electron chi connectivity index (χ1n) is 19.6. The summed E-state index contributed by atoms with van der Waals surface area (Å²) in [6.45, 7) is 13.1. The summed E-state index contributed by atoms with van der Waals surface area (Å²) in [4.78, 5) is 50.9. The number of carbonyl (C=O) groups excluding carboxylic acids is 2. The van der Waals surface area contributed by atoms with Gasteiger partial charge in [0.15, 0.2) is 11.6 Å². The van der Waals surface area contributed by atoms with Gasteiger partial charge in [-0.3, -0.25) is 0 Å². The molecule has 1 saturated heterocycles. The summed E-state index contributed by atoms with van der Waals surface area (Å²) in [6.07, 6.45) is 7.06. The molecule has 2 aliphatic heterocycles. The quantitative estimate of drug-likeness (QED) is 0.157. The van der Waals surface area contributed by atoms with Crippen LogP contribution >= 0.6 is 0 Å². The Morgan fingerprint density at radius 3 is 2.40 bits per heavy atom. The molecule has 0 saturated carbocycles. The number of ether oxygens (including phenoxy) is 4. The highest BCUT2D eigenvalue weighted by Gasteiger charge is 2.38. The van der Waals surface area contributed by atoms with Crippen LogP contribution < -0.4 is 19.3 Å². The number of pyridine rings is 2. The van der Waals surface area contributed by atoms with E-state index in [4.69, 9.17) is 30.4 Å². The summed E-state index contributed by atoms with van der Waals surface area (Å²) in [7, 11) is 2.00. The Morgan fingerprint density at radius 1 is 1.03 bits per heavy atom. The number of nitrogens with zero attached hydrogens (tertiary/aromatic N) is 7. The second-order valence-corrected chi connectivity index (χ2v) is 16.8. The lowest BCUT2D eigenvalue weighted by atomic mass is 9.95. The molecule has 7 rings (SSSR count). The number of likely N-dealkylation sites (tertiary alicyclic amines) is 1. The van der Waals surface area contributed by atoms with Crippen LogP contribution in [0.4, 0.5) is 30.0 Å².